The lowest BCUT2D eigenvalue weighted by Crippen LogP contribution is -2.34. The van der Waals surface area contributed by atoms with Crippen molar-refractivity contribution in [2.45, 2.75) is 33.1 Å². The van der Waals surface area contributed by atoms with Crippen LogP contribution in [0.3, 0.4) is 0 Å². The lowest BCUT2D eigenvalue weighted by Gasteiger charge is -2.27. The Labute approximate surface area is 113 Å². The highest BCUT2D eigenvalue weighted by Gasteiger charge is 2.21. The second kappa shape index (κ2) is 5.82. The molecule has 2 heterocycles. The van der Waals surface area contributed by atoms with E-state index in [4.69, 9.17) is 0 Å². The molecular weight excluding hydrogens is 242 g/mol. The smallest absolute Gasteiger partial charge is 0.225 e. The summed E-state index contributed by atoms with van der Waals surface area (Å²) in [5, 5.41) is 2.75. The number of fused-ring (bicyclic) bond motifs is 1. The zero-order valence-electron chi connectivity index (χ0n) is 11.4. The van der Waals surface area contributed by atoms with Crippen molar-refractivity contribution in [3.8, 4) is 0 Å². The Morgan fingerprint density at radius 1 is 1.37 bits per heavy atom. The molecule has 19 heavy (non-hydrogen) atoms. The second-order valence-corrected chi connectivity index (χ2v) is 4.79. The van der Waals surface area contributed by atoms with E-state index in [0.717, 1.165) is 36.5 Å². The number of aryl methyl sites for hydroxylation is 1. The molecule has 1 aromatic rings. The zero-order chi connectivity index (χ0) is 13.8. The Bertz CT molecular complexity index is 499. The number of hydrogen-bond acceptors (Lipinski definition) is 3. The molecule has 0 radical (unpaired) electrons. The molecule has 1 aliphatic rings. The van der Waals surface area contributed by atoms with Gasteiger partial charge in [0.1, 0.15) is 5.82 Å². The number of pyridine rings is 1. The molecule has 1 aromatic heterocycles. The fourth-order valence-electron chi connectivity index (χ4n) is 2.29. The van der Waals surface area contributed by atoms with Crippen molar-refractivity contribution < 1.29 is 9.59 Å². The molecule has 5 heteroatoms. The predicted molar refractivity (Wildman–Crippen MR) is 73.0 cm³/mol. The predicted octanol–water partition coefficient (Wildman–Crippen LogP) is 1.06. The van der Waals surface area contributed by atoms with Crippen LogP contribution in [-0.2, 0) is 22.4 Å². The third-order valence-corrected chi connectivity index (χ3v) is 3.23. The van der Waals surface area contributed by atoms with E-state index in [9.17, 15) is 9.59 Å². The van der Waals surface area contributed by atoms with Crippen molar-refractivity contribution in [1.29, 1.82) is 0 Å². The van der Waals surface area contributed by atoms with Crippen molar-refractivity contribution in [3.63, 3.8) is 0 Å². The lowest BCUT2D eigenvalue weighted by atomic mass is 10.0. The zero-order valence-corrected chi connectivity index (χ0v) is 11.4. The molecule has 1 aliphatic heterocycles. The van der Waals surface area contributed by atoms with E-state index in [1.54, 1.807) is 11.8 Å². The van der Waals surface area contributed by atoms with Gasteiger partial charge in [0.05, 0.1) is 0 Å². The van der Waals surface area contributed by atoms with E-state index in [1.807, 2.05) is 12.1 Å². The Kier molecular flexibility index (Phi) is 4.14. The summed E-state index contributed by atoms with van der Waals surface area (Å²) in [7, 11) is 0. The fourth-order valence-corrected chi connectivity index (χ4v) is 2.29. The van der Waals surface area contributed by atoms with Crippen molar-refractivity contribution in [3.05, 3.63) is 23.4 Å². The first-order chi connectivity index (χ1) is 9.08. The minimum atomic E-state index is -0.0386. The summed E-state index contributed by atoms with van der Waals surface area (Å²) in [5.74, 6) is 0.787. The van der Waals surface area contributed by atoms with Gasteiger partial charge in [0.25, 0.3) is 0 Å². The number of nitrogens with one attached hydrogen (secondary N) is 1. The quantitative estimate of drug-likeness (QED) is 0.885. The number of carbonyl (C=O) groups is 2. The molecule has 0 saturated carbocycles. The molecule has 102 valence electrons. The maximum Gasteiger partial charge on any atom is 0.225 e. The number of amides is 2. The molecule has 2 amide bonds. The molecule has 1 N–H and O–H groups in total. The largest absolute Gasteiger partial charge is 0.356 e. The van der Waals surface area contributed by atoms with Gasteiger partial charge in [0.2, 0.25) is 11.8 Å². The van der Waals surface area contributed by atoms with Gasteiger partial charge in [-0.25, -0.2) is 4.98 Å². The van der Waals surface area contributed by atoms with Crippen molar-refractivity contribution >= 4 is 17.6 Å². The summed E-state index contributed by atoms with van der Waals surface area (Å²) in [6, 6.07) is 4.02. The van der Waals surface area contributed by atoms with Crippen LogP contribution in [0.15, 0.2) is 12.1 Å². The molecule has 0 unspecified atom stereocenters. The van der Waals surface area contributed by atoms with Crippen LogP contribution in [0.2, 0.25) is 0 Å². The van der Waals surface area contributed by atoms with Gasteiger partial charge in [0, 0.05) is 39.1 Å². The van der Waals surface area contributed by atoms with Gasteiger partial charge < -0.3 is 5.32 Å². The molecule has 2 rings (SSSR count). The van der Waals surface area contributed by atoms with Gasteiger partial charge >= 0.3 is 0 Å². The summed E-state index contributed by atoms with van der Waals surface area (Å²) < 4.78 is 0. The van der Waals surface area contributed by atoms with Crippen LogP contribution in [0.5, 0.6) is 0 Å². The standard InChI is InChI=1S/C14H19N3O2/c1-10(18)15-8-7-13-6-5-12-4-3-9-17(11(2)19)14(12)16-13/h5-6H,3-4,7-9H2,1-2H3,(H,15,18). The minimum Gasteiger partial charge on any atom is -0.356 e. The highest BCUT2D eigenvalue weighted by Crippen LogP contribution is 2.25. The molecule has 0 spiro atoms. The number of rotatable bonds is 3. The Balaban J connectivity index is 2.14. The second-order valence-electron chi connectivity index (χ2n) is 4.79. The summed E-state index contributed by atoms with van der Waals surface area (Å²) >= 11 is 0. The van der Waals surface area contributed by atoms with Crippen LogP contribution in [0.4, 0.5) is 5.82 Å². The van der Waals surface area contributed by atoms with E-state index in [-0.39, 0.29) is 11.8 Å². The molecule has 0 aromatic carbocycles. The van der Waals surface area contributed by atoms with Crippen molar-refractivity contribution in [2.24, 2.45) is 0 Å². The number of anilines is 1. The van der Waals surface area contributed by atoms with Crippen molar-refractivity contribution in [2.75, 3.05) is 18.0 Å². The van der Waals surface area contributed by atoms with E-state index in [1.165, 1.54) is 6.92 Å². The summed E-state index contributed by atoms with van der Waals surface area (Å²) in [5.41, 5.74) is 2.03. The Morgan fingerprint density at radius 2 is 2.16 bits per heavy atom. The first-order valence-electron chi connectivity index (χ1n) is 6.59. The molecule has 0 saturated heterocycles. The van der Waals surface area contributed by atoms with Gasteiger partial charge in [-0.05, 0) is 24.5 Å². The Morgan fingerprint density at radius 3 is 2.84 bits per heavy atom. The maximum absolute atomic E-state index is 11.6. The first kappa shape index (κ1) is 13.5. The third kappa shape index (κ3) is 3.30. The van der Waals surface area contributed by atoms with Gasteiger partial charge in [-0.3, -0.25) is 14.5 Å². The third-order valence-electron chi connectivity index (χ3n) is 3.23. The van der Waals surface area contributed by atoms with E-state index in [0.29, 0.717) is 13.0 Å². The number of nitrogens with zero attached hydrogens (tertiary/aromatic N) is 2. The summed E-state index contributed by atoms with van der Waals surface area (Å²) in [6.45, 7) is 4.38. The minimum absolute atomic E-state index is 0.0347. The Hall–Kier alpha value is -1.91. The van der Waals surface area contributed by atoms with Crippen LogP contribution in [-0.4, -0.2) is 29.9 Å². The number of aromatic nitrogens is 1. The van der Waals surface area contributed by atoms with Crippen molar-refractivity contribution in [1.82, 2.24) is 10.3 Å². The van der Waals surface area contributed by atoms with Gasteiger partial charge in [0.15, 0.2) is 0 Å². The highest BCUT2D eigenvalue weighted by molar-refractivity contribution is 5.91. The molecule has 0 bridgehead atoms. The lowest BCUT2D eigenvalue weighted by molar-refractivity contribution is -0.119. The monoisotopic (exact) mass is 261 g/mol. The van der Waals surface area contributed by atoms with Gasteiger partial charge in [-0.2, -0.15) is 0 Å². The normalized spacial score (nSPS) is 13.9. The van der Waals surface area contributed by atoms with Crippen LogP contribution in [0.25, 0.3) is 0 Å². The van der Waals surface area contributed by atoms with Crippen LogP contribution in [0, 0.1) is 0 Å². The number of carbonyl (C=O) groups excluding carboxylic acids is 2. The fraction of sp³-hybridized carbons (Fsp3) is 0.500. The molecule has 5 nitrogen and oxygen atoms in total. The topological polar surface area (TPSA) is 62.3 Å². The van der Waals surface area contributed by atoms with Crippen LogP contribution >= 0.6 is 0 Å². The molecule has 0 fully saturated rings. The number of hydrogen-bond donors (Lipinski definition) is 1. The van der Waals surface area contributed by atoms with Gasteiger partial charge in [-0.1, -0.05) is 6.07 Å². The first-order valence-corrected chi connectivity index (χ1v) is 6.59. The van der Waals surface area contributed by atoms with E-state index >= 15 is 0 Å². The highest BCUT2D eigenvalue weighted by atomic mass is 16.2. The maximum atomic E-state index is 11.6. The van der Waals surface area contributed by atoms with Crippen LogP contribution in [0.1, 0.15) is 31.5 Å². The average molecular weight is 261 g/mol. The molecule has 0 aliphatic carbocycles. The average Bonchev–Trinajstić information content (AvgIpc) is 2.37. The summed E-state index contributed by atoms with van der Waals surface area (Å²) in [4.78, 5) is 28.7. The molecule has 0 atom stereocenters. The summed E-state index contributed by atoms with van der Waals surface area (Å²) in [6.07, 6.45) is 2.64. The molecular formula is C14H19N3O2. The van der Waals surface area contributed by atoms with Gasteiger partial charge in [-0.15, -0.1) is 0 Å². The SMILES string of the molecule is CC(=O)NCCc1ccc2c(n1)N(C(C)=O)CCC2. The van der Waals surface area contributed by atoms with E-state index < -0.39 is 0 Å². The van der Waals surface area contributed by atoms with Crippen LogP contribution < -0.4 is 10.2 Å². The van der Waals surface area contributed by atoms with E-state index in [2.05, 4.69) is 10.3 Å².